The number of hydrogen-bond donors (Lipinski definition) is 1. The summed E-state index contributed by atoms with van der Waals surface area (Å²) in [6, 6.07) is 16.5. The maximum absolute atomic E-state index is 13.0. The van der Waals surface area contributed by atoms with Crippen LogP contribution in [0.5, 0.6) is 0 Å². The van der Waals surface area contributed by atoms with Crippen molar-refractivity contribution < 1.29 is 4.79 Å². The number of carbonyl (C=O) groups excluding carboxylic acids is 1. The molecule has 1 aliphatic carbocycles. The van der Waals surface area contributed by atoms with Crippen LogP contribution in [0.3, 0.4) is 0 Å². The van der Waals surface area contributed by atoms with Crippen LogP contribution in [0.15, 0.2) is 48.5 Å². The van der Waals surface area contributed by atoms with E-state index in [4.69, 9.17) is 11.6 Å². The van der Waals surface area contributed by atoms with Crippen molar-refractivity contribution in [2.24, 2.45) is 0 Å². The quantitative estimate of drug-likeness (QED) is 0.755. The molecule has 4 rings (SSSR count). The standard InChI is InChI=1S/C24H29ClN2O/c1-18-9-7-13-21(25)22(18)23(28)26-17-24(27-15-5-6-16-27)14-8-12-20(24)19-10-3-2-4-11-19/h2-4,7,9-11,13,20H,5-6,8,12,14-17H2,1H3,(H,26,28). The van der Waals surface area contributed by atoms with Gasteiger partial charge in [-0.2, -0.15) is 0 Å². The van der Waals surface area contributed by atoms with Gasteiger partial charge in [-0.15, -0.1) is 0 Å². The molecule has 4 heteroatoms. The van der Waals surface area contributed by atoms with Crippen LogP contribution in [0.25, 0.3) is 0 Å². The summed E-state index contributed by atoms with van der Waals surface area (Å²) in [5.41, 5.74) is 2.93. The number of amides is 1. The number of hydrogen-bond acceptors (Lipinski definition) is 2. The minimum Gasteiger partial charge on any atom is -0.350 e. The number of nitrogens with zero attached hydrogens (tertiary/aromatic N) is 1. The molecule has 0 spiro atoms. The van der Waals surface area contributed by atoms with E-state index >= 15 is 0 Å². The average molecular weight is 397 g/mol. The Morgan fingerprint density at radius 3 is 2.57 bits per heavy atom. The fraction of sp³-hybridized carbons (Fsp3) is 0.458. The highest BCUT2D eigenvalue weighted by Gasteiger charge is 2.48. The predicted molar refractivity (Wildman–Crippen MR) is 115 cm³/mol. The number of likely N-dealkylation sites (tertiary alicyclic amines) is 1. The number of nitrogens with one attached hydrogen (secondary N) is 1. The SMILES string of the molecule is Cc1cccc(Cl)c1C(=O)NCC1(N2CCCC2)CCCC1c1ccccc1. The van der Waals surface area contributed by atoms with Gasteiger partial charge >= 0.3 is 0 Å². The third-order valence-corrected chi connectivity index (χ3v) is 7.01. The molecule has 1 aliphatic heterocycles. The summed E-state index contributed by atoms with van der Waals surface area (Å²) in [5.74, 6) is 0.403. The number of benzene rings is 2. The van der Waals surface area contributed by atoms with E-state index in [-0.39, 0.29) is 11.4 Å². The van der Waals surface area contributed by atoms with Crippen molar-refractivity contribution in [2.75, 3.05) is 19.6 Å². The van der Waals surface area contributed by atoms with Crippen LogP contribution < -0.4 is 5.32 Å². The zero-order valence-electron chi connectivity index (χ0n) is 16.6. The van der Waals surface area contributed by atoms with Crippen molar-refractivity contribution in [1.82, 2.24) is 10.2 Å². The molecule has 2 aromatic carbocycles. The molecule has 0 bridgehead atoms. The summed E-state index contributed by atoms with van der Waals surface area (Å²) < 4.78 is 0. The van der Waals surface area contributed by atoms with Gasteiger partial charge in [-0.1, -0.05) is 60.5 Å². The second kappa shape index (κ2) is 8.26. The van der Waals surface area contributed by atoms with Crippen LogP contribution in [0.4, 0.5) is 0 Å². The summed E-state index contributed by atoms with van der Waals surface area (Å²) in [6.45, 7) is 4.88. The number of aryl methyl sites for hydroxylation is 1. The number of halogens is 1. The van der Waals surface area contributed by atoms with Gasteiger partial charge in [-0.3, -0.25) is 9.69 Å². The first-order valence-corrected chi connectivity index (χ1v) is 10.8. The van der Waals surface area contributed by atoms with Gasteiger partial charge in [0.1, 0.15) is 0 Å². The van der Waals surface area contributed by atoms with E-state index in [1.165, 1.54) is 31.2 Å². The van der Waals surface area contributed by atoms with Crippen LogP contribution in [-0.4, -0.2) is 36.0 Å². The summed E-state index contributed by atoms with van der Waals surface area (Å²) >= 11 is 6.33. The van der Waals surface area contributed by atoms with Crippen LogP contribution in [0.1, 0.15) is 59.5 Å². The fourth-order valence-corrected chi connectivity index (χ4v) is 5.63. The van der Waals surface area contributed by atoms with Crippen LogP contribution in [0.2, 0.25) is 5.02 Å². The molecule has 0 aromatic heterocycles. The minimum absolute atomic E-state index is 0.00265. The van der Waals surface area contributed by atoms with Gasteiger partial charge < -0.3 is 5.32 Å². The first-order chi connectivity index (χ1) is 13.6. The van der Waals surface area contributed by atoms with E-state index in [9.17, 15) is 4.79 Å². The second-order valence-corrected chi connectivity index (χ2v) is 8.67. The first-order valence-electron chi connectivity index (χ1n) is 10.5. The van der Waals surface area contributed by atoms with Gasteiger partial charge in [0.25, 0.3) is 5.91 Å². The Balaban J connectivity index is 1.61. The van der Waals surface area contributed by atoms with Crippen LogP contribution in [0, 0.1) is 6.92 Å². The minimum atomic E-state index is -0.0552. The fourth-order valence-electron chi connectivity index (χ4n) is 5.32. The van der Waals surface area contributed by atoms with Gasteiger partial charge in [0, 0.05) is 18.0 Å². The van der Waals surface area contributed by atoms with E-state index in [1.54, 1.807) is 6.07 Å². The van der Waals surface area contributed by atoms with Crippen molar-refractivity contribution in [3.05, 3.63) is 70.2 Å². The van der Waals surface area contributed by atoms with E-state index in [1.807, 2.05) is 19.1 Å². The normalized spacial score (nSPS) is 25.1. The highest BCUT2D eigenvalue weighted by Crippen LogP contribution is 2.47. The molecule has 2 aromatic rings. The van der Waals surface area contributed by atoms with Crippen molar-refractivity contribution in [1.29, 1.82) is 0 Å². The topological polar surface area (TPSA) is 32.3 Å². The van der Waals surface area contributed by atoms with Crippen molar-refractivity contribution in [3.63, 3.8) is 0 Å². The molecule has 148 valence electrons. The zero-order chi connectivity index (χ0) is 19.6. The number of carbonyl (C=O) groups is 1. The number of rotatable bonds is 5. The van der Waals surface area contributed by atoms with Gasteiger partial charge in [0.2, 0.25) is 0 Å². The Kier molecular flexibility index (Phi) is 5.75. The van der Waals surface area contributed by atoms with Crippen LogP contribution in [-0.2, 0) is 0 Å². The largest absolute Gasteiger partial charge is 0.350 e. The molecule has 1 heterocycles. The molecule has 2 aliphatic rings. The molecule has 1 saturated heterocycles. The summed E-state index contributed by atoms with van der Waals surface area (Å²) in [4.78, 5) is 15.7. The maximum atomic E-state index is 13.0. The molecule has 2 fully saturated rings. The van der Waals surface area contributed by atoms with Gasteiger partial charge in [0.15, 0.2) is 0 Å². The Morgan fingerprint density at radius 2 is 1.86 bits per heavy atom. The van der Waals surface area contributed by atoms with Crippen molar-refractivity contribution in [2.45, 2.75) is 50.5 Å². The lowest BCUT2D eigenvalue weighted by Crippen LogP contribution is -2.56. The molecule has 1 N–H and O–H groups in total. The van der Waals surface area contributed by atoms with Gasteiger partial charge in [-0.05, 0) is 62.9 Å². The van der Waals surface area contributed by atoms with Gasteiger partial charge in [0.05, 0.1) is 10.6 Å². The predicted octanol–water partition coefficient (Wildman–Crippen LogP) is 5.18. The van der Waals surface area contributed by atoms with Crippen molar-refractivity contribution in [3.8, 4) is 0 Å². The Morgan fingerprint density at radius 1 is 1.11 bits per heavy atom. The van der Waals surface area contributed by atoms with Crippen molar-refractivity contribution >= 4 is 17.5 Å². The molecule has 2 unspecified atom stereocenters. The summed E-state index contributed by atoms with van der Waals surface area (Å²) in [5, 5.41) is 3.80. The summed E-state index contributed by atoms with van der Waals surface area (Å²) in [7, 11) is 0. The second-order valence-electron chi connectivity index (χ2n) is 8.27. The van der Waals surface area contributed by atoms with Gasteiger partial charge in [-0.25, -0.2) is 0 Å². The molecule has 0 radical (unpaired) electrons. The molecule has 2 atom stereocenters. The highest BCUT2D eigenvalue weighted by atomic mass is 35.5. The first kappa shape index (κ1) is 19.5. The Bertz CT molecular complexity index is 812. The zero-order valence-corrected chi connectivity index (χ0v) is 17.3. The third-order valence-electron chi connectivity index (χ3n) is 6.69. The molecule has 1 saturated carbocycles. The molecular formula is C24H29ClN2O. The smallest absolute Gasteiger partial charge is 0.253 e. The monoisotopic (exact) mass is 396 g/mol. The van der Waals surface area contributed by atoms with E-state index in [0.29, 0.717) is 23.0 Å². The molecule has 28 heavy (non-hydrogen) atoms. The maximum Gasteiger partial charge on any atom is 0.253 e. The molecule has 1 amide bonds. The van der Waals surface area contributed by atoms with E-state index < -0.39 is 0 Å². The average Bonchev–Trinajstić information content (AvgIpc) is 3.37. The van der Waals surface area contributed by atoms with Crippen LogP contribution >= 0.6 is 11.6 Å². The van der Waals surface area contributed by atoms with E-state index in [2.05, 4.69) is 40.5 Å². The highest BCUT2D eigenvalue weighted by molar-refractivity contribution is 6.34. The summed E-state index contributed by atoms with van der Waals surface area (Å²) in [6.07, 6.45) is 6.02. The lowest BCUT2D eigenvalue weighted by Gasteiger charge is -2.44. The third kappa shape index (κ3) is 3.58. The molecular weight excluding hydrogens is 368 g/mol. The Labute approximate surface area is 173 Å². The lowest BCUT2D eigenvalue weighted by atomic mass is 9.80. The molecule has 3 nitrogen and oxygen atoms in total. The Hall–Kier alpha value is -1.84. The van der Waals surface area contributed by atoms with E-state index in [0.717, 1.165) is 25.1 Å². The lowest BCUT2D eigenvalue weighted by molar-refractivity contribution is 0.0810.